The van der Waals surface area contributed by atoms with Gasteiger partial charge in [-0.1, -0.05) is 12.1 Å². The number of aromatic nitrogens is 1. The largest absolute Gasteiger partial charge is 0.398 e. The molecule has 0 atom stereocenters. The molecule has 0 spiro atoms. The molecule has 0 saturated carbocycles. The minimum absolute atomic E-state index is 0.0374. The Hall–Kier alpha value is -4.19. The molecule has 1 aromatic heterocycles. The number of ether oxygens (including phenoxy) is 1. The van der Waals surface area contributed by atoms with Crippen LogP contribution in [0.1, 0.15) is 16.1 Å². The molecule has 8 nitrogen and oxygen atoms in total. The van der Waals surface area contributed by atoms with Gasteiger partial charge in [0, 0.05) is 59.3 Å². The number of nitrogens with two attached hydrogens (primary N) is 2. The molecule has 0 radical (unpaired) electrons. The average Bonchev–Trinajstić information content (AvgIpc) is 3.46. The summed E-state index contributed by atoms with van der Waals surface area (Å²) in [6.45, 7) is 4.61. The molecule has 206 valence electrons. The average molecular weight is 563 g/mol. The number of amides is 1. The first-order valence-corrected chi connectivity index (χ1v) is 13.6. The van der Waals surface area contributed by atoms with E-state index < -0.39 is 11.7 Å². The van der Waals surface area contributed by atoms with Crippen LogP contribution in [0.4, 0.5) is 25.8 Å². The second-order valence-corrected chi connectivity index (χ2v) is 10.1. The number of hydrogen-bond acceptors (Lipinski definition) is 8. The number of nitrogen functional groups attached to an aromatic ring is 2. The first kappa shape index (κ1) is 27.4. The second-order valence-electron chi connectivity index (χ2n) is 9.25. The van der Waals surface area contributed by atoms with E-state index in [0.717, 1.165) is 32.8 Å². The van der Waals surface area contributed by atoms with Gasteiger partial charge in [-0.2, -0.15) is 0 Å². The van der Waals surface area contributed by atoms with E-state index in [4.69, 9.17) is 16.2 Å². The Morgan fingerprint density at radius 2 is 1.80 bits per heavy atom. The Kier molecular flexibility index (Phi) is 8.44. The third-order valence-corrected chi connectivity index (χ3v) is 7.38. The fourth-order valence-corrected chi connectivity index (χ4v) is 5.06. The molecule has 5 N–H and O–H groups in total. The molecule has 11 heteroatoms. The van der Waals surface area contributed by atoms with E-state index in [-0.39, 0.29) is 17.2 Å². The number of carbonyl (C=O) groups is 1. The summed E-state index contributed by atoms with van der Waals surface area (Å²) < 4.78 is 32.9. The van der Waals surface area contributed by atoms with Gasteiger partial charge in [-0.05, 0) is 48.0 Å². The number of rotatable bonds is 8. The van der Waals surface area contributed by atoms with Crippen molar-refractivity contribution in [1.82, 2.24) is 9.88 Å². The lowest BCUT2D eigenvalue weighted by Crippen LogP contribution is -2.37. The summed E-state index contributed by atoms with van der Waals surface area (Å²) in [6.07, 6.45) is 1.69. The van der Waals surface area contributed by atoms with Crippen molar-refractivity contribution in [3.05, 3.63) is 82.9 Å². The fourth-order valence-electron chi connectivity index (χ4n) is 4.26. The van der Waals surface area contributed by atoms with Crippen LogP contribution < -0.4 is 16.8 Å². The Morgan fingerprint density at radius 1 is 1.05 bits per heavy atom. The highest BCUT2D eigenvalue weighted by Gasteiger charge is 2.17. The molecule has 0 bridgehead atoms. The normalized spacial score (nSPS) is 14.1. The highest BCUT2D eigenvalue weighted by atomic mass is 32.1. The third-order valence-electron chi connectivity index (χ3n) is 6.49. The lowest BCUT2D eigenvalue weighted by atomic mass is 10.00. The maximum atomic E-state index is 13.9. The minimum atomic E-state index is -0.552. The van der Waals surface area contributed by atoms with Crippen molar-refractivity contribution in [3.8, 4) is 21.7 Å². The molecule has 0 aliphatic carbocycles. The van der Waals surface area contributed by atoms with Gasteiger partial charge in [0.15, 0.2) is 0 Å². The number of thiazole rings is 1. The second kappa shape index (κ2) is 12.3. The minimum Gasteiger partial charge on any atom is -0.398 e. The molecule has 1 amide bonds. The molecule has 1 aliphatic heterocycles. The number of anilines is 3. The van der Waals surface area contributed by atoms with Crippen molar-refractivity contribution >= 4 is 40.5 Å². The van der Waals surface area contributed by atoms with E-state index in [1.54, 1.807) is 41.9 Å². The smallest absolute Gasteiger partial charge is 0.275 e. The Balaban J connectivity index is 1.39. The number of hydrogen-bond donors (Lipinski definition) is 3. The molecule has 40 heavy (non-hydrogen) atoms. The maximum absolute atomic E-state index is 13.9. The van der Waals surface area contributed by atoms with Crippen LogP contribution in [0.15, 0.2) is 65.0 Å². The van der Waals surface area contributed by atoms with Gasteiger partial charge in [0.25, 0.3) is 5.91 Å². The molecule has 4 aromatic rings. The van der Waals surface area contributed by atoms with Crippen LogP contribution in [0, 0.1) is 11.6 Å². The third kappa shape index (κ3) is 6.50. The maximum Gasteiger partial charge on any atom is 0.275 e. The molecular formula is C29H28F2N6O2S. The number of aliphatic imine (C=N–C) groups is 1. The first-order valence-electron chi connectivity index (χ1n) is 12.7. The SMILES string of the molecule is Nc1ccc(-c2nc(C(=O)Nc3cc(C=NCCN4CCOCC4)c(N)cc3-c3ccc(F)cc3)cs2)cc1F. The van der Waals surface area contributed by atoms with Crippen molar-refractivity contribution in [2.24, 2.45) is 4.99 Å². The first-order chi connectivity index (χ1) is 19.4. The molecular weight excluding hydrogens is 534 g/mol. The van der Waals surface area contributed by atoms with Crippen LogP contribution in [-0.2, 0) is 4.74 Å². The van der Waals surface area contributed by atoms with Gasteiger partial charge in [0.05, 0.1) is 25.4 Å². The fraction of sp³-hybridized carbons (Fsp3) is 0.207. The number of nitrogens with zero attached hydrogens (tertiary/aromatic N) is 3. The van der Waals surface area contributed by atoms with E-state index in [0.29, 0.717) is 45.2 Å². The molecule has 1 saturated heterocycles. The van der Waals surface area contributed by atoms with Gasteiger partial charge in [0.1, 0.15) is 22.3 Å². The summed E-state index contributed by atoms with van der Waals surface area (Å²) >= 11 is 1.22. The van der Waals surface area contributed by atoms with E-state index in [1.165, 1.54) is 35.6 Å². The number of carbonyl (C=O) groups excluding carboxylic acids is 1. The molecule has 0 unspecified atom stereocenters. The summed E-state index contributed by atoms with van der Waals surface area (Å²) in [5.41, 5.74) is 15.5. The van der Waals surface area contributed by atoms with E-state index >= 15 is 0 Å². The Bertz CT molecular complexity index is 1530. The van der Waals surface area contributed by atoms with Gasteiger partial charge in [0.2, 0.25) is 0 Å². The van der Waals surface area contributed by atoms with Crippen molar-refractivity contribution in [3.63, 3.8) is 0 Å². The van der Waals surface area contributed by atoms with Gasteiger partial charge in [-0.15, -0.1) is 11.3 Å². The molecule has 3 aromatic carbocycles. The van der Waals surface area contributed by atoms with Crippen LogP contribution in [0.25, 0.3) is 21.7 Å². The van der Waals surface area contributed by atoms with Crippen LogP contribution in [0.5, 0.6) is 0 Å². The summed E-state index contributed by atoms with van der Waals surface area (Å²) in [5, 5.41) is 4.99. The predicted molar refractivity (Wildman–Crippen MR) is 156 cm³/mol. The lowest BCUT2D eigenvalue weighted by Gasteiger charge is -2.25. The van der Waals surface area contributed by atoms with Crippen LogP contribution >= 0.6 is 11.3 Å². The van der Waals surface area contributed by atoms with Crippen molar-refractivity contribution in [2.75, 3.05) is 56.2 Å². The molecule has 1 aliphatic rings. The quantitative estimate of drug-likeness (QED) is 0.207. The number of morpholine rings is 1. The zero-order chi connectivity index (χ0) is 28.1. The van der Waals surface area contributed by atoms with Crippen LogP contribution in [0.2, 0.25) is 0 Å². The number of benzene rings is 3. The number of halogens is 2. The van der Waals surface area contributed by atoms with Gasteiger partial charge < -0.3 is 21.5 Å². The van der Waals surface area contributed by atoms with Crippen molar-refractivity contribution in [1.29, 1.82) is 0 Å². The monoisotopic (exact) mass is 562 g/mol. The van der Waals surface area contributed by atoms with E-state index in [2.05, 4.69) is 20.2 Å². The highest BCUT2D eigenvalue weighted by molar-refractivity contribution is 7.13. The Morgan fingerprint density at radius 3 is 2.55 bits per heavy atom. The van der Waals surface area contributed by atoms with E-state index in [1.807, 2.05) is 0 Å². The molecule has 1 fully saturated rings. The highest BCUT2D eigenvalue weighted by Crippen LogP contribution is 2.33. The zero-order valence-electron chi connectivity index (χ0n) is 21.6. The van der Waals surface area contributed by atoms with Gasteiger partial charge in [-0.25, -0.2) is 13.8 Å². The number of nitrogens with one attached hydrogen (secondary N) is 1. The lowest BCUT2D eigenvalue weighted by molar-refractivity contribution is 0.0395. The molecule has 2 heterocycles. The summed E-state index contributed by atoms with van der Waals surface area (Å²) in [4.78, 5) is 24.5. The van der Waals surface area contributed by atoms with Crippen molar-refractivity contribution in [2.45, 2.75) is 0 Å². The summed E-state index contributed by atoms with van der Waals surface area (Å²) in [7, 11) is 0. The van der Waals surface area contributed by atoms with Crippen molar-refractivity contribution < 1.29 is 18.3 Å². The van der Waals surface area contributed by atoms with Crippen LogP contribution in [-0.4, -0.2) is 61.4 Å². The topological polar surface area (TPSA) is 119 Å². The summed E-state index contributed by atoms with van der Waals surface area (Å²) in [6, 6.07) is 13.8. The summed E-state index contributed by atoms with van der Waals surface area (Å²) in [5.74, 6) is -1.38. The van der Waals surface area contributed by atoms with Crippen LogP contribution in [0.3, 0.4) is 0 Å². The predicted octanol–water partition coefficient (Wildman–Crippen LogP) is 4.92. The van der Waals surface area contributed by atoms with E-state index in [9.17, 15) is 13.6 Å². The standard InChI is InChI=1S/C29H28F2N6O2S/c30-21-4-1-18(2-5-21)22-15-25(33)20(16-34-7-8-37-9-11-39-12-10-37)14-26(22)35-28(38)27-17-40-29(36-27)19-3-6-24(32)23(31)13-19/h1-6,13-17H,7-12,32-33H2,(H,35,38). The van der Waals surface area contributed by atoms with Gasteiger partial charge >= 0.3 is 0 Å². The molecule has 5 rings (SSSR count). The Labute approximate surface area is 234 Å². The zero-order valence-corrected chi connectivity index (χ0v) is 22.4. The van der Waals surface area contributed by atoms with Gasteiger partial charge in [-0.3, -0.25) is 14.7 Å².